The van der Waals surface area contributed by atoms with Crippen molar-refractivity contribution >= 4 is 63.8 Å². The Morgan fingerprint density at radius 2 is 1.65 bits per heavy atom. The average molecular weight is 814 g/mol. The molecule has 0 saturated carbocycles. The van der Waals surface area contributed by atoms with E-state index >= 15 is 0 Å². The number of nitrogens with one attached hydrogen (secondary N) is 1. The van der Waals surface area contributed by atoms with Crippen LogP contribution in [0.2, 0.25) is 0 Å². The Hall–Kier alpha value is -7.30. The minimum Gasteiger partial charge on any atom is -0.480 e. The molecule has 5 heterocycles. The predicted molar refractivity (Wildman–Crippen MR) is 218 cm³/mol. The van der Waals surface area contributed by atoms with Gasteiger partial charge in [0.15, 0.2) is 0 Å². The molecule has 0 fully saturated rings. The predicted octanol–water partition coefficient (Wildman–Crippen LogP) is 3.54. The van der Waals surface area contributed by atoms with Gasteiger partial charge in [0.05, 0.1) is 23.6 Å². The van der Waals surface area contributed by atoms with Gasteiger partial charge in [-0.2, -0.15) is 5.10 Å². The van der Waals surface area contributed by atoms with Crippen molar-refractivity contribution in [1.82, 2.24) is 29.7 Å². The first-order valence-electron chi connectivity index (χ1n) is 19.6. The van der Waals surface area contributed by atoms with Gasteiger partial charge in [0.2, 0.25) is 11.8 Å². The van der Waals surface area contributed by atoms with Crippen molar-refractivity contribution < 1.29 is 38.7 Å². The van der Waals surface area contributed by atoms with Gasteiger partial charge in [0, 0.05) is 74.4 Å². The number of urea groups is 1. The van der Waals surface area contributed by atoms with Crippen molar-refractivity contribution in [3.63, 3.8) is 0 Å². The smallest absolute Gasteiger partial charge is 0.326 e. The number of fused-ring (bicyclic) bond motifs is 2. The van der Waals surface area contributed by atoms with Gasteiger partial charge in [-0.15, -0.1) is 0 Å². The number of hydrogen-bond donors (Lipinski definition) is 3. The van der Waals surface area contributed by atoms with Gasteiger partial charge in [-0.3, -0.25) is 38.8 Å². The van der Waals surface area contributed by atoms with E-state index in [2.05, 4.69) is 15.3 Å². The van der Waals surface area contributed by atoms with E-state index in [0.29, 0.717) is 61.5 Å². The van der Waals surface area contributed by atoms with E-state index in [9.17, 15) is 38.7 Å². The Morgan fingerprint density at radius 1 is 0.900 bits per heavy atom. The number of unbranched alkanes of at least 4 members (excludes halogenated alkanes) is 3. The summed E-state index contributed by atoms with van der Waals surface area (Å²) in [5, 5.41) is 20.0. The number of primary amides is 1. The average Bonchev–Trinajstić information content (AvgIpc) is 3.82. The number of anilines is 1. The van der Waals surface area contributed by atoms with E-state index in [1.54, 1.807) is 35.6 Å². The molecular weight excluding hydrogens is 771 g/mol. The van der Waals surface area contributed by atoms with Crippen LogP contribution < -0.4 is 11.1 Å². The molecule has 1 unspecified atom stereocenters. The highest BCUT2D eigenvalue weighted by Crippen LogP contribution is 2.32. The molecule has 4 aromatic rings. The summed E-state index contributed by atoms with van der Waals surface area (Å²) in [7, 11) is 0. The van der Waals surface area contributed by atoms with Crippen LogP contribution in [0.1, 0.15) is 66.7 Å². The normalized spacial score (nSPS) is 16.5. The second kappa shape index (κ2) is 18.1. The molecule has 0 bridgehead atoms. The summed E-state index contributed by atoms with van der Waals surface area (Å²) in [6.07, 6.45) is 8.87. The number of amides is 7. The lowest BCUT2D eigenvalue weighted by molar-refractivity contribution is -0.153. The SMILES string of the molecule is NC(=O)C[C@H](C(=O)O)N(CCCCCCN1N=C(c2ccc(NC(=O)N3Cc4ccncc4C3)cc2)CC(c2ccc3cccnc3c2)C1=O)C(=O)CN1C(=O)C=CC1=O. The summed E-state index contributed by atoms with van der Waals surface area (Å²) in [5.41, 5.74) is 11.0. The molecule has 2 atom stereocenters. The monoisotopic (exact) mass is 813 g/mol. The lowest BCUT2D eigenvalue weighted by Gasteiger charge is -2.30. The van der Waals surface area contributed by atoms with E-state index in [-0.39, 0.29) is 25.0 Å². The highest BCUT2D eigenvalue weighted by molar-refractivity contribution is 6.14. The zero-order chi connectivity index (χ0) is 42.3. The van der Waals surface area contributed by atoms with Crippen molar-refractivity contribution in [3.8, 4) is 0 Å². The van der Waals surface area contributed by atoms with Gasteiger partial charge in [0.1, 0.15) is 12.6 Å². The van der Waals surface area contributed by atoms with Crippen molar-refractivity contribution in [2.45, 2.75) is 63.6 Å². The maximum Gasteiger partial charge on any atom is 0.326 e. The van der Waals surface area contributed by atoms with Crippen LogP contribution in [0.25, 0.3) is 10.9 Å². The van der Waals surface area contributed by atoms with Crippen molar-refractivity contribution in [1.29, 1.82) is 0 Å². The third-order valence-electron chi connectivity index (χ3n) is 10.8. The molecule has 0 spiro atoms. The summed E-state index contributed by atoms with van der Waals surface area (Å²) < 4.78 is 0. The van der Waals surface area contributed by atoms with Crippen LogP contribution in [0.5, 0.6) is 0 Å². The third kappa shape index (κ3) is 9.36. The molecule has 3 aliphatic rings. The number of hydrogen-bond acceptors (Lipinski definition) is 10. The van der Waals surface area contributed by atoms with Crippen molar-refractivity contribution in [2.24, 2.45) is 10.8 Å². The Labute approximate surface area is 344 Å². The summed E-state index contributed by atoms with van der Waals surface area (Å²) >= 11 is 0. The molecule has 3 aliphatic heterocycles. The lowest BCUT2D eigenvalue weighted by atomic mass is 9.88. The number of aliphatic carboxylic acids is 1. The second-order valence-corrected chi connectivity index (χ2v) is 14.9. The number of benzene rings is 2. The van der Waals surface area contributed by atoms with Crippen LogP contribution in [0.4, 0.5) is 10.5 Å². The molecule has 2 aromatic carbocycles. The molecule has 0 radical (unpaired) electrons. The van der Waals surface area contributed by atoms with E-state index < -0.39 is 54.5 Å². The largest absolute Gasteiger partial charge is 0.480 e. The summed E-state index contributed by atoms with van der Waals surface area (Å²) in [6, 6.07) is 17.1. The Morgan fingerprint density at radius 3 is 2.38 bits per heavy atom. The minimum atomic E-state index is -1.58. The van der Waals surface area contributed by atoms with Crippen LogP contribution in [-0.4, -0.2) is 108 Å². The number of hydrazone groups is 1. The number of nitrogens with two attached hydrogens (primary N) is 1. The summed E-state index contributed by atoms with van der Waals surface area (Å²) in [6.45, 7) is 0.499. The van der Waals surface area contributed by atoms with Crippen LogP contribution in [0.15, 0.2) is 96.5 Å². The lowest BCUT2D eigenvalue weighted by Crippen LogP contribution is -2.51. The van der Waals surface area contributed by atoms with Crippen molar-refractivity contribution in [2.75, 3.05) is 25.0 Å². The first-order chi connectivity index (χ1) is 28.9. The molecule has 308 valence electrons. The molecule has 7 rings (SSSR count). The number of carboxylic acid groups (broad SMARTS) is 1. The fraction of sp³-hybridized carbons (Fsp3) is 0.302. The number of imide groups is 1. The van der Waals surface area contributed by atoms with Gasteiger partial charge in [-0.25, -0.2) is 14.6 Å². The maximum atomic E-state index is 14.1. The van der Waals surface area contributed by atoms with Gasteiger partial charge in [-0.1, -0.05) is 43.2 Å². The highest BCUT2D eigenvalue weighted by atomic mass is 16.4. The third-order valence-corrected chi connectivity index (χ3v) is 10.8. The molecule has 2 aromatic heterocycles. The maximum absolute atomic E-state index is 14.1. The molecular formula is C43H43N9O8. The Balaban J connectivity index is 1.01. The van der Waals surface area contributed by atoms with Gasteiger partial charge in [0.25, 0.3) is 17.7 Å². The van der Waals surface area contributed by atoms with Crippen LogP contribution in [-0.2, 0) is 41.9 Å². The number of pyridine rings is 2. The zero-order valence-electron chi connectivity index (χ0n) is 32.6. The fourth-order valence-corrected chi connectivity index (χ4v) is 7.59. The van der Waals surface area contributed by atoms with Gasteiger partial charge in [-0.05, 0) is 65.4 Å². The number of aromatic nitrogens is 2. The van der Waals surface area contributed by atoms with Crippen LogP contribution >= 0.6 is 0 Å². The quantitative estimate of drug-likeness (QED) is 0.110. The van der Waals surface area contributed by atoms with Gasteiger partial charge < -0.3 is 26.0 Å². The molecule has 4 N–H and O–H groups in total. The zero-order valence-corrected chi connectivity index (χ0v) is 32.6. The standard InChI is InChI=1S/C43H43N9O8/c44-37(53)22-36(42(58)59)50(40(56)26-51-38(54)13-14-39(51)55)18-3-1-2-4-19-52-41(57)33(29-8-7-27-6-5-16-46-34(27)20-29)21-35(48-52)28-9-11-32(12-10-28)47-43(60)49-24-30-15-17-45-23-31(30)25-49/h5-17,20,23,33,36H,1-4,18-19,21-22,24-26H2,(H2,44,53)(H,47,60)(H,58,59)/t33?,36-/m1/s1. The second-order valence-electron chi connectivity index (χ2n) is 14.9. The molecule has 0 saturated heterocycles. The van der Waals surface area contributed by atoms with Crippen LogP contribution in [0.3, 0.4) is 0 Å². The van der Waals surface area contributed by atoms with E-state index in [1.165, 1.54) is 5.01 Å². The summed E-state index contributed by atoms with van der Waals surface area (Å²) in [4.78, 5) is 100. The first-order valence-corrected chi connectivity index (χ1v) is 19.6. The van der Waals surface area contributed by atoms with E-state index in [1.807, 2.05) is 48.5 Å². The Kier molecular flexibility index (Phi) is 12.3. The van der Waals surface area contributed by atoms with E-state index in [0.717, 1.165) is 50.2 Å². The molecule has 60 heavy (non-hydrogen) atoms. The van der Waals surface area contributed by atoms with Crippen LogP contribution in [0, 0.1) is 0 Å². The first kappa shape index (κ1) is 40.9. The number of rotatable bonds is 16. The number of nitrogens with zero attached hydrogens (tertiary/aromatic N) is 7. The molecule has 7 amide bonds. The summed E-state index contributed by atoms with van der Waals surface area (Å²) in [5.74, 6) is -5.29. The molecule has 0 aliphatic carbocycles. The van der Waals surface area contributed by atoms with Gasteiger partial charge >= 0.3 is 12.0 Å². The highest BCUT2D eigenvalue weighted by Gasteiger charge is 2.35. The number of carbonyl (C=O) groups excluding carboxylic acids is 6. The number of carbonyl (C=O) groups is 7. The Bertz CT molecular complexity index is 2370. The minimum absolute atomic E-state index is 0.0740. The topological polar surface area (TPSA) is 229 Å². The fourth-order valence-electron chi connectivity index (χ4n) is 7.59. The van der Waals surface area contributed by atoms with E-state index in [4.69, 9.17) is 10.8 Å². The van der Waals surface area contributed by atoms with Crippen molar-refractivity contribution in [3.05, 3.63) is 114 Å². The molecule has 17 heteroatoms. The molecule has 17 nitrogen and oxygen atoms in total. The number of carboxylic acids is 1.